The van der Waals surface area contributed by atoms with Crippen molar-refractivity contribution in [2.75, 3.05) is 33.3 Å². The van der Waals surface area contributed by atoms with Gasteiger partial charge in [-0.3, -0.25) is 14.6 Å². The van der Waals surface area contributed by atoms with Gasteiger partial charge in [0.15, 0.2) is 0 Å². The van der Waals surface area contributed by atoms with Gasteiger partial charge in [0.2, 0.25) is 5.91 Å². The highest BCUT2D eigenvalue weighted by atomic mass is 16.5. The van der Waals surface area contributed by atoms with Crippen LogP contribution in [0, 0.1) is 0 Å². The van der Waals surface area contributed by atoms with Crippen molar-refractivity contribution in [1.82, 2.24) is 20.1 Å². The highest BCUT2D eigenvalue weighted by Gasteiger charge is 2.26. The molecule has 1 atom stereocenters. The van der Waals surface area contributed by atoms with Crippen LogP contribution in [0.2, 0.25) is 0 Å². The summed E-state index contributed by atoms with van der Waals surface area (Å²) in [5, 5.41) is 2.47. The van der Waals surface area contributed by atoms with E-state index >= 15 is 0 Å². The number of rotatable bonds is 3. The van der Waals surface area contributed by atoms with Crippen LogP contribution in [0.25, 0.3) is 0 Å². The molecule has 1 aliphatic heterocycles. The van der Waals surface area contributed by atoms with Crippen molar-refractivity contribution < 1.29 is 19.1 Å². The maximum atomic E-state index is 12.5. The fraction of sp³-hybridized carbons (Fsp3) is 0.500. The first-order chi connectivity index (χ1) is 11.5. The van der Waals surface area contributed by atoms with Crippen molar-refractivity contribution in [3.8, 4) is 0 Å². The van der Waals surface area contributed by atoms with Crippen LogP contribution < -0.4 is 5.32 Å². The molecule has 0 aliphatic carbocycles. The van der Waals surface area contributed by atoms with Crippen molar-refractivity contribution in [1.29, 1.82) is 0 Å². The van der Waals surface area contributed by atoms with E-state index in [1.165, 1.54) is 7.11 Å². The van der Waals surface area contributed by atoms with Gasteiger partial charge in [-0.05, 0) is 25.5 Å². The monoisotopic (exact) mass is 334 g/mol. The minimum absolute atomic E-state index is 0.0851. The molecule has 2 heterocycles. The number of pyridine rings is 1. The van der Waals surface area contributed by atoms with Gasteiger partial charge in [0.25, 0.3) is 5.91 Å². The molecule has 0 radical (unpaired) electrons. The van der Waals surface area contributed by atoms with E-state index in [0.717, 1.165) is 0 Å². The first-order valence-corrected chi connectivity index (χ1v) is 7.85. The Labute approximate surface area is 140 Å². The summed E-state index contributed by atoms with van der Waals surface area (Å²) >= 11 is 0. The van der Waals surface area contributed by atoms with E-state index in [1.807, 2.05) is 0 Å². The van der Waals surface area contributed by atoms with Crippen LogP contribution >= 0.6 is 0 Å². The van der Waals surface area contributed by atoms with Crippen molar-refractivity contribution in [3.05, 3.63) is 30.1 Å². The standard InChI is InChI=1S/C16H22N4O4/c1-12(18-16(23)24-2)14(21)19-7-4-8-20(10-9-19)15(22)13-5-3-6-17-11-13/h3,5-6,11-12H,4,7-10H2,1-2H3,(H,18,23). The van der Waals surface area contributed by atoms with E-state index in [2.05, 4.69) is 15.0 Å². The molecule has 0 spiro atoms. The first kappa shape index (κ1) is 17.7. The molecule has 3 amide bonds. The smallest absolute Gasteiger partial charge is 0.407 e. The molecule has 1 aromatic heterocycles. The lowest BCUT2D eigenvalue weighted by Crippen LogP contribution is -2.48. The summed E-state index contributed by atoms with van der Waals surface area (Å²) in [5.74, 6) is -0.269. The summed E-state index contributed by atoms with van der Waals surface area (Å²) in [7, 11) is 1.25. The second kappa shape index (κ2) is 8.28. The van der Waals surface area contributed by atoms with Crippen LogP contribution in [0.15, 0.2) is 24.5 Å². The van der Waals surface area contributed by atoms with Crippen LogP contribution in [0.4, 0.5) is 4.79 Å². The summed E-state index contributed by atoms with van der Waals surface area (Å²) in [5.41, 5.74) is 0.540. The third kappa shape index (κ3) is 4.43. The zero-order chi connectivity index (χ0) is 17.5. The molecule has 2 rings (SSSR count). The van der Waals surface area contributed by atoms with Crippen molar-refractivity contribution in [2.24, 2.45) is 0 Å². The van der Waals surface area contributed by atoms with E-state index in [1.54, 1.807) is 41.2 Å². The lowest BCUT2D eigenvalue weighted by Gasteiger charge is -2.25. The number of methoxy groups -OCH3 is 1. The summed E-state index contributed by atoms with van der Waals surface area (Å²) in [6, 6.07) is 2.78. The van der Waals surface area contributed by atoms with Crippen LogP contribution in [-0.4, -0.2) is 72.0 Å². The minimum atomic E-state index is -0.668. The average Bonchev–Trinajstić information content (AvgIpc) is 2.87. The normalized spacial score (nSPS) is 16.1. The van der Waals surface area contributed by atoms with E-state index in [0.29, 0.717) is 38.2 Å². The van der Waals surface area contributed by atoms with Crippen molar-refractivity contribution in [2.45, 2.75) is 19.4 Å². The Morgan fingerprint density at radius 2 is 1.92 bits per heavy atom. The summed E-state index contributed by atoms with van der Waals surface area (Å²) < 4.78 is 4.50. The third-order valence-electron chi connectivity index (χ3n) is 3.89. The molecular weight excluding hydrogens is 312 g/mol. The molecule has 24 heavy (non-hydrogen) atoms. The number of nitrogens with one attached hydrogen (secondary N) is 1. The number of aromatic nitrogens is 1. The van der Waals surface area contributed by atoms with Crippen molar-refractivity contribution >= 4 is 17.9 Å². The van der Waals surface area contributed by atoms with Crippen molar-refractivity contribution in [3.63, 3.8) is 0 Å². The molecule has 1 aromatic rings. The van der Waals surface area contributed by atoms with Gasteiger partial charge in [-0.2, -0.15) is 0 Å². The highest BCUT2D eigenvalue weighted by molar-refractivity contribution is 5.94. The van der Waals surface area contributed by atoms with E-state index in [-0.39, 0.29) is 11.8 Å². The molecule has 130 valence electrons. The number of carbonyl (C=O) groups is 3. The Balaban J connectivity index is 1.93. The Hall–Kier alpha value is -2.64. The van der Waals surface area contributed by atoms with Gasteiger partial charge >= 0.3 is 6.09 Å². The predicted molar refractivity (Wildman–Crippen MR) is 86.3 cm³/mol. The number of ether oxygens (including phenoxy) is 1. The molecule has 8 nitrogen and oxygen atoms in total. The number of nitrogens with zero attached hydrogens (tertiary/aromatic N) is 3. The molecule has 1 fully saturated rings. The maximum absolute atomic E-state index is 12.5. The molecule has 1 unspecified atom stereocenters. The van der Waals surface area contributed by atoms with E-state index in [9.17, 15) is 14.4 Å². The highest BCUT2D eigenvalue weighted by Crippen LogP contribution is 2.09. The topological polar surface area (TPSA) is 91.8 Å². The average molecular weight is 334 g/mol. The zero-order valence-electron chi connectivity index (χ0n) is 13.9. The molecule has 0 saturated carbocycles. The first-order valence-electron chi connectivity index (χ1n) is 7.85. The summed E-state index contributed by atoms with van der Waals surface area (Å²) in [6.45, 7) is 3.62. The molecule has 8 heteroatoms. The fourth-order valence-electron chi connectivity index (χ4n) is 2.58. The lowest BCUT2D eigenvalue weighted by molar-refractivity contribution is -0.132. The SMILES string of the molecule is COC(=O)NC(C)C(=O)N1CCCN(C(=O)c2cccnc2)CC1. The predicted octanol–water partition coefficient (Wildman–Crippen LogP) is 0.501. The molecule has 1 N–H and O–H groups in total. The van der Waals surface area contributed by atoms with Crippen LogP contribution in [0.5, 0.6) is 0 Å². The van der Waals surface area contributed by atoms with Crippen LogP contribution in [0.3, 0.4) is 0 Å². The van der Waals surface area contributed by atoms with Gasteiger partial charge in [0.05, 0.1) is 12.7 Å². The zero-order valence-corrected chi connectivity index (χ0v) is 13.9. The lowest BCUT2D eigenvalue weighted by atomic mass is 10.2. The summed E-state index contributed by atoms with van der Waals surface area (Å²) in [4.78, 5) is 43.4. The second-order valence-corrected chi connectivity index (χ2v) is 5.57. The van der Waals surface area contributed by atoms with E-state index in [4.69, 9.17) is 0 Å². The number of amides is 3. The Bertz CT molecular complexity index is 593. The molecule has 1 saturated heterocycles. The van der Waals surface area contributed by atoms with Gasteiger partial charge in [-0.25, -0.2) is 4.79 Å². The number of hydrogen-bond acceptors (Lipinski definition) is 5. The Morgan fingerprint density at radius 3 is 2.58 bits per heavy atom. The summed E-state index contributed by atoms with van der Waals surface area (Å²) in [6.07, 6.45) is 3.20. The van der Waals surface area contributed by atoms with Gasteiger partial charge in [-0.15, -0.1) is 0 Å². The van der Waals surface area contributed by atoms with Gasteiger partial charge in [0, 0.05) is 38.6 Å². The minimum Gasteiger partial charge on any atom is -0.453 e. The van der Waals surface area contributed by atoms with E-state index < -0.39 is 12.1 Å². The van der Waals surface area contributed by atoms with Gasteiger partial charge < -0.3 is 19.9 Å². The molecule has 1 aliphatic rings. The van der Waals surface area contributed by atoms with Gasteiger partial charge in [0.1, 0.15) is 6.04 Å². The molecular formula is C16H22N4O4. The van der Waals surface area contributed by atoms with Gasteiger partial charge in [-0.1, -0.05) is 0 Å². The largest absolute Gasteiger partial charge is 0.453 e. The number of alkyl carbamates (subject to hydrolysis) is 1. The van der Waals surface area contributed by atoms with Crippen LogP contribution in [0.1, 0.15) is 23.7 Å². The number of hydrogen-bond donors (Lipinski definition) is 1. The quantitative estimate of drug-likeness (QED) is 0.869. The Morgan fingerprint density at radius 1 is 1.21 bits per heavy atom. The maximum Gasteiger partial charge on any atom is 0.407 e. The Kier molecular flexibility index (Phi) is 6.11. The van der Waals surface area contributed by atoms with Crippen LogP contribution in [-0.2, 0) is 9.53 Å². The fourth-order valence-corrected chi connectivity index (χ4v) is 2.58. The molecule has 0 aromatic carbocycles. The third-order valence-corrected chi connectivity index (χ3v) is 3.89. The second-order valence-electron chi connectivity index (χ2n) is 5.57. The number of carbonyl (C=O) groups excluding carboxylic acids is 3. The molecule has 0 bridgehead atoms.